The highest BCUT2D eigenvalue weighted by molar-refractivity contribution is 8.14. The van der Waals surface area contributed by atoms with Crippen LogP contribution in [-0.4, -0.2) is 23.0 Å². The van der Waals surface area contributed by atoms with Gasteiger partial charge in [0.1, 0.15) is 0 Å². The van der Waals surface area contributed by atoms with Crippen LogP contribution < -0.4 is 5.32 Å². The second-order valence-corrected chi connectivity index (χ2v) is 6.78. The summed E-state index contributed by atoms with van der Waals surface area (Å²) < 4.78 is 0. The Labute approximate surface area is 113 Å². The van der Waals surface area contributed by atoms with Crippen molar-refractivity contribution in [3.8, 4) is 0 Å². The molecule has 1 aliphatic carbocycles. The van der Waals surface area contributed by atoms with Crippen molar-refractivity contribution in [2.75, 3.05) is 6.54 Å². The molecule has 0 amide bonds. The fourth-order valence-corrected chi connectivity index (χ4v) is 3.48. The normalized spacial score (nSPS) is 30.4. The minimum atomic E-state index is 0.601. The lowest BCUT2D eigenvalue weighted by molar-refractivity contribution is 0.621. The summed E-state index contributed by atoms with van der Waals surface area (Å²) in [5.41, 5.74) is 1.46. The second kappa shape index (κ2) is 4.96. The second-order valence-electron chi connectivity index (χ2n) is 5.55. The average molecular weight is 260 g/mol. The minimum absolute atomic E-state index is 0.601. The molecule has 0 aromatic heterocycles. The highest BCUT2D eigenvalue weighted by Crippen LogP contribution is 2.41. The number of amidine groups is 1. The van der Waals surface area contributed by atoms with Crippen LogP contribution >= 0.6 is 11.8 Å². The summed E-state index contributed by atoms with van der Waals surface area (Å²) in [6, 6.07) is 11.4. The monoisotopic (exact) mass is 260 g/mol. The van der Waals surface area contributed by atoms with E-state index in [9.17, 15) is 0 Å². The number of nitrogens with one attached hydrogen (secondary N) is 1. The van der Waals surface area contributed by atoms with E-state index in [2.05, 4.69) is 54.5 Å². The van der Waals surface area contributed by atoms with Crippen LogP contribution in [0.25, 0.3) is 0 Å². The van der Waals surface area contributed by atoms with Crippen LogP contribution in [0.1, 0.15) is 31.7 Å². The molecule has 1 fully saturated rings. The molecule has 3 atom stereocenters. The molecule has 3 rings (SSSR count). The van der Waals surface area contributed by atoms with E-state index in [0.717, 1.165) is 11.7 Å². The lowest BCUT2D eigenvalue weighted by Gasteiger charge is -2.12. The highest BCUT2D eigenvalue weighted by Gasteiger charge is 2.39. The maximum absolute atomic E-state index is 4.62. The van der Waals surface area contributed by atoms with Gasteiger partial charge in [0.2, 0.25) is 0 Å². The topological polar surface area (TPSA) is 24.4 Å². The number of thioether (sulfide) groups is 1. The molecule has 1 aromatic rings. The zero-order valence-corrected chi connectivity index (χ0v) is 11.8. The quantitative estimate of drug-likeness (QED) is 0.902. The van der Waals surface area contributed by atoms with Crippen LogP contribution in [0.15, 0.2) is 35.3 Å². The third kappa shape index (κ3) is 2.56. The van der Waals surface area contributed by atoms with Gasteiger partial charge in [-0.15, -0.1) is 0 Å². The van der Waals surface area contributed by atoms with Gasteiger partial charge in [-0.3, -0.25) is 4.99 Å². The molecule has 18 heavy (non-hydrogen) atoms. The summed E-state index contributed by atoms with van der Waals surface area (Å²) in [6.45, 7) is 5.54. The molecule has 1 heterocycles. The van der Waals surface area contributed by atoms with Crippen LogP contribution in [-0.2, 0) is 0 Å². The smallest absolute Gasteiger partial charge is 0.157 e. The molecular weight excluding hydrogens is 240 g/mol. The Morgan fingerprint density at radius 1 is 1.28 bits per heavy atom. The molecule has 1 aliphatic heterocycles. The molecule has 0 saturated heterocycles. The Bertz CT molecular complexity index is 441. The maximum Gasteiger partial charge on any atom is 0.157 e. The van der Waals surface area contributed by atoms with Gasteiger partial charge in [0.25, 0.3) is 0 Å². The minimum Gasteiger partial charge on any atom is -0.362 e. The maximum atomic E-state index is 4.62. The standard InChI is InChI=1S/C15H20N2S/c1-10(2)14-9-16-15(18-14)17-13-8-12(13)11-6-4-3-5-7-11/h3-7,10,12-14H,8-9H2,1-2H3,(H,16,17). The predicted octanol–water partition coefficient (Wildman–Crippen LogP) is 3.26. The Morgan fingerprint density at radius 2 is 2.06 bits per heavy atom. The molecule has 1 saturated carbocycles. The zero-order chi connectivity index (χ0) is 12.5. The average Bonchev–Trinajstić information content (AvgIpc) is 2.97. The van der Waals surface area contributed by atoms with Gasteiger partial charge in [-0.1, -0.05) is 55.9 Å². The summed E-state index contributed by atoms with van der Waals surface area (Å²) in [5.74, 6) is 1.40. The van der Waals surface area contributed by atoms with E-state index < -0.39 is 0 Å². The van der Waals surface area contributed by atoms with Gasteiger partial charge in [0.15, 0.2) is 5.17 Å². The first-order valence-electron chi connectivity index (χ1n) is 6.76. The van der Waals surface area contributed by atoms with E-state index in [1.54, 1.807) is 0 Å². The van der Waals surface area contributed by atoms with E-state index in [0.29, 0.717) is 23.1 Å². The number of hydrogen-bond donors (Lipinski definition) is 1. The van der Waals surface area contributed by atoms with Crippen molar-refractivity contribution in [2.45, 2.75) is 37.5 Å². The number of nitrogens with zero attached hydrogens (tertiary/aromatic N) is 1. The van der Waals surface area contributed by atoms with Gasteiger partial charge >= 0.3 is 0 Å². The van der Waals surface area contributed by atoms with Gasteiger partial charge in [-0.25, -0.2) is 0 Å². The lowest BCUT2D eigenvalue weighted by atomic mass is 10.1. The first kappa shape index (κ1) is 12.1. The molecule has 0 radical (unpaired) electrons. The summed E-state index contributed by atoms with van der Waals surface area (Å²) in [5, 5.41) is 5.43. The highest BCUT2D eigenvalue weighted by atomic mass is 32.2. The van der Waals surface area contributed by atoms with Crippen molar-refractivity contribution >= 4 is 16.9 Å². The van der Waals surface area contributed by atoms with E-state index in [-0.39, 0.29) is 0 Å². The molecule has 96 valence electrons. The molecule has 3 heteroatoms. The molecule has 1 N–H and O–H groups in total. The summed E-state index contributed by atoms with van der Waals surface area (Å²) >= 11 is 1.92. The van der Waals surface area contributed by atoms with Crippen molar-refractivity contribution in [1.29, 1.82) is 0 Å². The Balaban J connectivity index is 1.52. The van der Waals surface area contributed by atoms with E-state index in [1.807, 2.05) is 11.8 Å². The molecule has 2 aliphatic rings. The van der Waals surface area contributed by atoms with Crippen LogP contribution in [0.5, 0.6) is 0 Å². The molecule has 2 nitrogen and oxygen atoms in total. The van der Waals surface area contributed by atoms with Crippen molar-refractivity contribution < 1.29 is 0 Å². The fourth-order valence-electron chi connectivity index (χ4n) is 2.40. The summed E-state index contributed by atoms with van der Waals surface area (Å²) in [6.07, 6.45) is 1.25. The number of benzene rings is 1. The van der Waals surface area contributed by atoms with Gasteiger partial charge in [-0.05, 0) is 17.9 Å². The van der Waals surface area contributed by atoms with Crippen LogP contribution in [0, 0.1) is 5.92 Å². The van der Waals surface area contributed by atoms with Gasteiger partial charge in [0.05, 0.1) is 6.54 Å². The Morgan fingerprint density at radius 3 is 2.72 bits per heavy atom. The molecule has 1 aromatic carbocycles. The van der Waals surface area contributed by atoms with Gasteiger partial charge in [0, 0.05) is 17.2 Å². The molecule has 0 bridgehead atoms. The number of aliphatic imine (C=N–C) groups is 1. The van der Waals surface area contributed by atoms with E-state index in [4.69, 9.17) is 0 Å². The third-order valence-electron chi connectivity index (χ3n) is 3.75. The summed E-state index contributed by atoms with van der Waals surface area (Å²) in [4.78, 5) is 4.62. The van der Waals surface area contributed by atoms with Crippen LogP contribution in [0.2, 0.25) is 0 Å². The predicted molar refractivity (Wildman–Crippen MR) is 79.2 cm³/mol. The van der Waals surface area contributed by atoms with Gasteiger partial charge in [-0.2, -0.15) is 0 Å². The SMILES string of the molecule is CC(C)C1CN=C(NC2CC2c2ccccc2)S1. The Kier molecular flexibility index (Phi) is 3.33. The first-order chi connectivity index (χ1) is 8.74. The van der Waals surface area contributed by atoms with Gasteiger partial charge < -0.3 is 5.32 Å². The fraction of sp³-hybridized carbons (Fsp3) is 0.533. The van der Waals surface area contributed by atoms with Crippen molar-refractivity contribution in [2.24, 2.45) is 10.9 Å². The number of rotatable bonds is 3. The zero-order valence-electron chi connectivity index (χ0n) is 11.0. The van der Waals surface area contributed by atoms with Crippen LogP contribution in [0.3, 0.4) is 0 Å². The third-order valence-corrected chi connectivity index (χ3v) is 5.21. The summed E-state index contributed by atoms with van der Waals surface area (Å²) in [7, 11) is 0. The number of hydrogen-bond acceptors (Lipinski definition) is 3. The molecular formula is C15H20N2S. The Hall–Kier alpha value is -0.960. The first-order valence-corrected chi connectivity index (χ1v) is 7.64. The lowest BCUT2D eigenvalue weighted by Crippen LogP contribution is -2.23. The molecule has 3 unspecified atom stereocenters. The van der Waals surface area contributed by atoms with Crippen molar-refractivity contribution in [1.82, 2.24) is 5.32 Å². The van der Waals surface area contributed by atoms with Crippen molar-refractivity contribution in [3.63, 3.8) is 0 Å². The largest absolute Gasteiger partial charge is 0.362 e. The van der Waals surface area contributed by atoms with Crippen LogP contribution in [0.4, 0.5) is 0 Å². The van der Waals surface area contributed by atoms with Crippen molar-refractivity contribution in [3.05, 3.63) is 35.9 Å². The molecule has 0 spiro atoms. The van der Waals surface area contributed by atoms with E-state index in [1.165, 1.54) is 12.0 Å². The van der Waals surface area contributed by atoms with E-state index >= 15 is 0 Å².